The lowest BCUT2D eigenvalue weighted by molar-refractivity contribution is -0.106. The van der Waals surface area contributed by atoms with E-state index in [2.05, 4.69) is 10.0 Å². The van der Waals surface area contributed by atoms with Gasteiger partial charge in [0.2, 0.25) is 0 Å². The van der Waals surface area contributed by atoms with Gasteiger partial charge in [-0.3, -0.25) is 4.31 Å². The van der Waals surface area contributed by atoms with E-state index in [4.69, 9.17) is 9.47 Å². The first-order valence-electron chi connectivity index (χ1n) is 10.1. The molecular formula is C23H26FN3O4S. The third-order valence-corrected chi connectivity index (χ3v) is 5.79. The second kappa shape index (κ2) is 11.6. The highest BCUT2D eigenvalue weighted by Crippen LogP contribution is 2.39. The number of likely N-dealkylation sites (N-methyl/N-ethyl adjacent to an activating group) is 1. The van der Waals surface area contributed by atoms with Crippen molar-refractivity contribution in [3.05, 3.63) is 66.0 Å². The van der Waals surface area contributed by atoms with Gasteiger partial charge in [0, 0.05) is 11.9 Å². The number of nitrogens with one attached hydrogen (secondary N) is 2. The molecule has 0 saturated heterocycles. The van der Waals surface area contributed by atoms with Gasteiger partial charge in [-0.2, -0.15) is 0 Å². The number of carbonyl (C=O) groups is 1. The zero-order chi connectivity index (χ0) is 22.9. The molecule has 1 unspecified atom stereocenters. The van der Waals surface area contributed by atoms with Crippen molar-refractivity contribution >= 4 is 33.9 Å². The van der Waals surface area contributed by atoms with Gasteiger partial charge in [-0.25, -0.2) is 13.3 Å². The minimum absolute atomic E-state index is 0.0550. The summed E-state index contributed by atoms with van der Waals surface area (Å²) in [6, 6.07) is 16.2. The van der Waals surface area contributed by atoms with E-state index in [0.717, 1.165) is 9.87 Å². The molecule has 3 aromatic rings. The highest BCUT2D eigenvalue weighted by Gasteiger charge is 2.24. The quantitative estimate of drug-likeness (QED) is 0.322. The third kappa shape index (κ3) is 5.61. The van der Waals surface area contributed by atoms with E-state index in [0.29, 0.717) is 30.6 Å². The summed E-state index contributed by atoms with van der Waals surface area (Å²) < 4.78 is 43.7. The summed E-state index contributed by atoms with van der Waals surface area (Å²) in [6.45, 7) is 0.975. The normalized spacial score (nSPS) is 11.8. The summed E-state index contributed by atoms with van der Waals surface area (Å²) in [6.07, 6.45) is 0.567. The van der Waals surface area contributed by atoms with Crippen molar-refractivity contribution in [2.75, 3.05) is 38.1 Å². The predicted molar refractivity (Wildman–Crippen MR) is 125 cm³/mol. The molecule has 0 aliphatic heterocycles. The molecular weight excluding hydrogens is 433 g/mol. The molecule has 0 aliphatic rings. The van der Waals surface area contributed by atoms with E-state index >= 15 is 4.39 Å². The molecule has 0 amide bonds. The number of benzene rings is 3. The Hall–Kier alpha value is -3.01. The van der Waals surface area contributed by atoms with Crippen LogP contribution in [0.4, 0.5) is 10.1 Å². The van der Waals surface area contributed by atoms with Crippen molar-refractivity contribution in [1.29, 1.82) is 0 Å². The van der Waals surface area contributed by atoms with Crippen molar-refractivity contribution in [2.24, 2.45) is 0 Å². The van der Waals surface area contributed by atoms with Gasteiger partial charge in [0.25, 0.3) is 0 Å². The molecule has 2 N–H and O–H groups in total. The van der Waals surface area contributed by atoms with Crippen molar-refractivity contribution in [2.45, 2.75) is 6.61 Å². The summed E-state index contributed by atoms with van der Waals surface area (Å²) in [7, 11) is 3.28. The first kappa shape index (κ1) is 23.6. The predicted octanol–water partition coefficient (Wildman–Crippen LogP) is 2.96. The Morgan fingerprint density at radius 3 is 2.56 bits per heavy atom. The van der Waals surface area contributed by atoms with Crippen LogP contribution in [0.3, 0.4) is 0 Å². The molecule has 0 radical (unpaired) electrons. The van der Waals surface area contributed by atoms with Gasteiger partial charge in [0.15, 0.2) is 17.0 Å². The second-order valence-electron chi connectivity index (χ2n) is 6.83. The highest BCUT2D eigenvalue weighted by atomic mass is 32.2. The Morgan fingerprint density at radius 1 is 1.09 bits per heavy atom. The number of halogens is 1. The molecule has 0 bridgehead atoms. The first-order chi connectivity index (χ1) is 15.6. The minimum atomic E-state index is -1.85. The number of nitrogens with zero attached hydrogens (tertiary/aromatic N) is 1. The number of aldehydes is 1. The Labute approximate surface area is 189 Å². The van der Waals surface area contributed by atoms with Crippen molar-refractivity contribution in [3.8, 4) is 11.5 Å². The largest absolute Gasteiger partial charge is 0.492 e. The Kier molecular flexibility index (Phi) is 8.55. The van der Waals surface area contributed by atoms with Crippen molar-refractivity contribution < 1.29 is 22.9 Å². The van der Waals surface area contributed by atoms with Gasteiger partial charge in [0.1, 0.15) is 36.7 Å². The van der Waals surface area contributed by atoms with Crippen LogP contribution in [0.15, 0.2) is 54.6 Å². The molecule has 0 spiro atoms. The fourth-order valence-corrected chi connectivity index (χ4v) is 3.91. The number of carbonyl (C=O) groups excluding carboxylic acids is 1. The van der Waals surface area contributed by atoms with Gasteiger partial charge in [-0.1, -0.05) is 36.4 Å². The number of anilines is 1. The molecule has 3 rings (SSSR count). The average Bonchev–Trinajstić information content (AvgIpc) is 2.82. The van der Waals surface area contributed by atoms with E-state index in [1.54, 1.807) is 24.3 Å². The number of rotatable bonds is 12. The maximum atomic E-state index is 15.8. The van der Waals surface area contributed by atoms with Gasteiger partial charge in [-0.05, 0) is 43.2 Å². The first-order valence-corrected chi connectivity index (χ1v) is 11.2. The maximum absolute atomic E-state index is 15.8. The standard InChI is InChI=1S/C23H26FN3O4S/c1-25-10-13-30-19-9-8-18-14-21(31-16-17-6-4-3-5-7-17)23(22(24)20(18)15-19)27(11-12-28)32(29)26-2/h3-9,12,14-15,25-26H,10-11,13,16H2,1-2H3. The van der Waals surface area contributed by atoms with Crippen LogP contribution in [0.1, 0.15) is 5.56 Å². The highest BCUT2D eigenvalue weighted by molar-refractivity contribution is 7.84. The van der Waals surface area contributed by atoms with Crippen LogP contribution in [0, 0.1) is 5.82 Å². The minimum Gasteiger partial charge on any atom is -0.492 e. The summed E-state index contributed by atoms with van der Waals surface area (Å²) >= 11 is -1.85. The number of ether oxygens (including phenoxy) is 2. The summed E-state index contributed by atoms with van der Waals surface area (Å²) in [4.78, 5) is 11.3. The fourth-order valence-electron chi connectivity index (χ4n) is 3.15. The Morgan fingerprint density at radius 2 is 1.88 bits per heavy atom. The summed E-state index contributed by atoms with van der Waals surface area (Å²) in [5.41, 5.74) is 0.838. The van der Waals surface area contributed by atoms with Gasteiger partial charge >= 0.3 is 0 Å². The molecule has 0 heterocycles. The molecule has 0 fully saturated rings. The molecule has 0 aromatic heterocycles. The lowest BCUT2D eigenvalue weighted by Gasteiger charge is -2.24. The second-order valence-corrected chi connectivity index (χ2v) is 8.17. The van der Waals surface area contributed by atoms with Crippen LogP contribution >= 0.6 is 0 Å². The third-order valence-electron chi connectivity index (χ3n) is 4.71. The fraction of sp³-hybridized carbons (Fsp3) is 0.261. The Bertz CT molecular complexity index is 1080. The summed E-state index contributed by atoms with van der Waals surface area (Å²) in [5.74, 6) is 0.0514. The average molecular weight is 460 g/mol. The van der Waals surface area contributed by atoms with Crippen LogP contribution in [0.25, 0.3) is 10.8 Å². The topological polar surface area (TPSA) is 79.9 Å². The van der Waals surface area contributed by atoms with E-state index in [-0.39, 0.29) is 30.0 Å². The van der Waals surface area contributed by atoms with E-state index < -0.39 is 17.0 Å². The molecule has 3 aromatic carbocycles. The monoisotopic (exact) mass is 459 g/mol. The van der Waals surface area contributed by atoms with Crippen molar-refractivity contribution in [3.63, 3.8) is 0 Å². The van der Waals surface area contributed by atoms with Crippen LogP contribution in [-0.2, 0) is 22.6 Å². The molecule has 9 heteroatoms. The van der Waals surface area contributed by atoms with Crippen LogP contribution in [-0.4, -0.2) is 44.3 Å². The molecule has 1 atom stereocenters. The zero-order valence-corrected chi connectivity index (χ0v) is 18.8. The van der Waals surface area contributed by atoms with Crippen molar-refractivity contribution in [1.82, 2.24) is 10.0 Å². The smallest absolute Gasteiger partial charge is 0.196 e. The number of fused-ring (bicyclic) bond motifs is 1. The SMILES string of the molecule is CNCCOc1ccc2cc(OCc3ccccc3)c(N(CC=O)S(=O)NC)c(F)c2c1. The van der Waals surface area contributed by atoms with Crippen LogP contribution < -0.4 is 23.8 Å². The van der Waals surface area contributed by atoms with E-state index in [1.165, 1.54) is 7.05 Å². The number of hydrogen-bond donors (Lipinski definition) is 2. The molecule has 0 saturated carbocycles. The van der Waals surface area contributed by atoms with Gasteiger partial charge in [-0.15, -0.1) is 0 Å². The summed E-state index contributed by atoms with van der Waals surface area (Å²) in [5, 5.41) is 3.85. The molecule has 32 heavy (non-hydrogen) atoms. The van der Waals surface area contributed by atoms with Crippen LogP contribution in [0.5, 0.6) is 11.5 Å². The zero-order valence-electron chi connectivity index (χ0n) is 18.0. The lowest BCUT2D eigenvalue weighted by atomic mass is 10.1. The van der Waals surface area contributed by atoms with Gasteiger partial charge < -0.3 is 19.6 Å². The molecule has 7 nitrogen and oxygen atoms in total. The maximum Gasteiger partial charge on any atom is 0.196 e. The van der Waals surface area contributed by atoms with E-state index in [1.807, 2.05) is 37.4 Å². The lowest BCUT2D eigenvalue weighted by Crippen LogP contribution is -2.35. The Balaban J connectivity index is 2.08. The van der Waals surface area contributed by atoms with Gasteiger partial charge in [0.05, 0.1) is 6.54 Å². The van der Waals surface area contributed by atoms with E-state index in [9.17, 15) is 9.00 Å². The van der Waals surface area contributed by atoms with Crippen LogP contribution in [0.2, 0.25) is 0 Å². The molecule has 0 aliphatic carbocycles. The number of hydrogen-bond acceptors (Lipinski definition) is 5. The molecule has 170 valence electrons.